The van der Waals surface area contributed by atoms with Crippen molar-refractivity contribution in [2.75, 3.05) is 6.61 Å². The zero-order valence-electron chi connectivity index (χ0n) is 48.6. The number of ether oxygens (including phenoxy) is 6. The molecule has 11 atom stereocenters. The third kappa shape index (κ3) is 10.9. The van der Waals surface area contributed by atoms with E-state index >= 15 is 9.59 Å². The van der Waals surface area contributed by atoms with E-state index in [1.165, 1.54) is 13.8 Å². The Balaban J connectivity index is 1.72. The number of rotatable bonds is 13. The lowest BCUT2D eigenvalue weighted by atomic mass is 9.44. The van der Waals surface area contributed by atoms with Crippen LogP contribution in [-0.2, 0) is 61.2 Å². The Morgan fingerprint density at radius 1 is 0.895 bits per heavy atom. The quantitative estimate of drug-likeness (QED) is 0.0815. The Bertz CT molecular complexity index is 2410. The lowest BCUT2D eigenvalue weighted by molar-refractivity contribution is -0.346. The summed E-state index contributed by atoms with van der Waals surface area (Å²) in [5.74, 6) is -5.08. The van der Waals surface area contributed by atoms with Crippen molar-refractivity contribution < 1.29 is 71.1 Å². The van der Waals surface area contributed by atoms with Crippen molar-refractivity contribution in [3.8, 4) is 0 Å². The van der Waals surface area contributed by atoms with E-state index in [-0.39, 0.29) is 48.1 Å². The number of hydrogen-bond acceptors (Lipinski definition) is 15. The first-order chi connectivity index (χ1) is 35.2. The summed E-state index contributed by atoms with van der Waals surface area (Å²) in [5, 5.41) is 17.4. The SMILES string of the molecule is CC[Si](CC)(CC)O[C@H]1C[C@H]2OC[C@@]2(OC(C)=O)[C@H]2[C@@H]3OC(=O)CC/C=C\c4cccc(c4)[C@H](NC(=O)OC(C)(C)C)[C@@H](O[Si](C(C)C)(C(C)C)C(C)C)C(=O)O[C@H]4C[C@]3(O)C(C)(C)C(=C4C)[C@@H](OC(C)=O)C(=O)[C@]12C. The maximum absolute atomic E-state index is 16.6. The van der Waals surface area contributed by atoms with E-state index in [2.05, 4.69) is 67.6 Å². The highest BCUT2D eigenvalue weighted by Gasteiger charge is 2.79. The minimum Gasteiger partial charge on any atom is -0.459 e. The van der Waals surface area contributed by atoms with Gasteiger partial charge in [-0.05, 0) is 104 Å². The Morgan fingerprint density at radius 3 is 2.04 bits per heavy atom. The summed E-state index contributed by atoms with van der Waals surface area (Å²) in [4.78, 5) is 88.7. The van der Waals surface area contributed by atoms with Gasteiger partial charge >= 0.3 is 30.0 Å². The van der Waals surface area contributed by atoms with Crippen LogP contribution >= 0.6 is 0 Å². The van der Waals surface area contributed by atoms with E-state index in [1.807, 2.05) is 24.3 Å². The van der Waals surface area contributed by atoms with Crippen LogP contribution in [0.25, 0.3) is 6.08 Å². The first-order valence-electron chi connectivity index (χ1n) is 27.7. The molecule has 16 nitrogen and oxygen atoms in total. The summed E-state index contributed by atoms with van der Waals surface area (Å²) in [6.07, 6.45) is -5.57. The molecule has 3 fully saturated rings. The molecule has 0 radical (unpaired) electrons. The van der Waals surface area contributed by atoms with E-state index < -0.39 is 135 Å². The number of ketones is 1. The molecule has 5 aliphatic rings. The number of benzene rings is 1. The van der Waals surface area contributed by atoms with Gasteiger partial charge in [0.15, 0.2) is 31.9 Å². The van der Waals surface area contributed by atoms with E-state index in [0.29, 0.717) is 34.8 Å². The van der Waals surface area contributed by atoms with Gasteiger partial charge in [0.2, 0.25) is 8.32 Å². The number of nitrogens with one attached hydrogen (secondary N) is 1. The van der Waals surface area contributed by atoms with Gasteiger partial charge in [-0.3, -0.25) is 19.2 Å². The predicted molar refractivity (Wildman–Crippen MR) is 292 cm³/mol. The third-order valence-electron chi connectivity index (χ3n) is 18.1. The monoisotopic (exact) mass is 1100 g/mol. The molecule has 5 bridgehead atoms. The van der Waals surface area contributed by atoms with Gasteiger partial charge in [0.05, 0.1) is 30.1 Å². The fraction of sp³-hybridized carbons (Fsp3) is 0.724. The molecule has 18 heteroatoms. The molecule has 3 aliphatic carbocycles. The zero-order chi connectivity index (χ0) is 56.9. The molecule has 2 heterocycles. The van der Waals surface area contributed by atoms with Gasteiger partial charge in [-0.2, -0.15) is 0 Å². The van der Waals surface area contributed by atoms with Crippen molar-refractivity contribution in [2.45, 2.75) is 245 Å². The number of esters is 4. The van der Waals surface area contributed by atoms with Crippen LogP contribution in [0.2, 0.25) is 34.8 Å². The lowest BCUT2D eigenvalue weighted by Crippen LogP contribution is -2.82. The fourth-order valence-corrected chi connectivity index (χ4v) is 22.5. The Kier molecular flexibility index (Phi) is 18.1. The molecule has 1 aromatic carbocycles. The molecular formula is C58H89NO15Si2. The minimum atomic E-state index is -3.07. The molecule has 424 valence electrons. The number of Topliss-reactive ketones (excluding diaryl/α,β-unsaturated/α-hetero) is 1. The van der Waals surface area contributed by atoms with Crippen LogP contribution in [0.4, 0.5) is 4.79 Å². The first kappa shape index (κ1) is 61.0. The maximum Gasteiger partial charge on any atom is 0.408 e. The fourth-order valence-electron chi connectivity index (χ4n) is 14.0. The minimum absolute atomic E-state index is 0.0419. The number of alkyl carbamates (subject to hydrolysis) is 1. The van der Waals surface area contributed by atoms with Crippen molar-refractivity contribution in [3.05, 3.63) is 52.6 Å². The standard InChI is InChI=1S/C58H89NO15Si2/c1-19-75(20-2,21-3)73-42-30-43-57(32-67-43,71-38(12)61)49-51-58(66)31-41(36(10)45(55(58,16)17)47(68-37(11)60)50(63)56(42,49)18)69-52(64)48(74-76(33(4)5,34(6)7)35(8)9)46(59-53(65)72-54(13,14)15)40-27-24-26-39(29-40)25-22-23-28-44(62)70-51/h22,24-27,29,33-35,41-43,46-49,51,66H,19-21,23,28,30-32H2,1-18H3,(H,59,65)/b25-22-/t41-,42-,43+,46-,47+,48+,49-,51-,56+,57-,58+/m0/s1. The van der Waals surface area contributed by atoms with E-state index in [1.54, 1.807) is 60.6 Å². The number of hydrogen-bond donors (Lipinski definition) is 2. The number of amides is 1. The smallest absolute Gasteiger partial charge is 0.408 e. The molecule has 1 aromatic rings. The van der Waals surface area contributed by atoms with Crippen molar-refractivity contribution in [1.29, 1.82) is 0 Å². The second-order valence-electron chi connectivity index (χ2n) is 24.8. The van der Waals surface area contributed by atoms with Crippen LogP contribution in [0, 0.1) is 16.7 Å². The average molecular weight is 1100 g/mol. The van der Waals surface area contributed by atoms with Gasteiger partial charge in [-0.15, -0.1) is 0 Å². The third-order valence-corrected chi connectivity index (χ3v) is 28.8. The van der Waals surface area contributed by atoms with Crippen molar-refractivity contribution >= 4 is 58.5 Å². The Hall–Kier alpha value is -4.21. The van der Waals surface area contributed by atoms with Crippen molar-refractivity contribution in [1.82, 2.24) is 5.32 Å². The first-order valence-corrected chi connectivity index (χ1v) is 32.4. The molecule has 2 N–H and O–H groups in total. The number of allylic oxidation sites excluding steroid dienone is 1. The average Bonchev–Trinajstić information content (AvgIpc) is 3.31. The summed E-state index contributed by atoms with van der Waals surface area (Å²) < 4.78 is 53.3. The Labute approximate surface area is 453 Å². The highest BCUT2D eigenvalue weighted by molar-refractivity contribution is 6.77. The summed E-state index contributed by atoms with van der Waals surface area (Å²) in [7, 11) is -5.71. The van der Waals surface area contributed by atoms with Crippen molar-refractivity contribution in [3.63, 3.8) is 0 Å². The van der Waals surface area contributed by atoms with Gasteiger partial charge in [-0.25, -0.2) is 9.59 Å². The maximum atomic E-state index is 16.6. The summed E-state index contributed by atoms with van der Waals surface area (Å²) in [5.41, 5.74) is -6.71. The highest BCUT2D eigenvalue weighted by atomic mass is 28.4. The normalized spacial score (nSPS) is 32.4. The van der Waals surface area contributed by atoms with Gasteiger partial charge < -0.3 is 47.7 Å². The van der Waals surface area contributed by atoms with Gasteiger partial charge in [0.1, 0.15) is 29.5 Å². The van der Waals surface area contributed by atoms with Crippen molar-refractivity contribution in [2.24, 2.45) is 16.7 Å². The largest absolute Gasteiger partial charge is 0.459 e. The second kappa shape index (κ2) is 22.5. The molecule has 1 amide bonds. The van der Waals surface area contributed by atoms with Crippen LogP contribution in [0.3, 0.4) is 0 Å². The van der Waals surface area contributed by atoms with E-state index in [4.69, 9.17) is 37.3 Å². The predicted octanol–water partition coefficient (Wildman–Crippen LogP) is 10.6. The number of fused-ring (bicyclic) bond motifs is 8. The van der Waals surface area contributed by atoms with Crippen LogP contribution in [-0.4, -0.2) is 118 Å². The summed E-state index contributed by atoms with van der Waals surface area (Å²) in [6.45, 7) is 32.9. The topological polar surface area (TPSA) is 209 Å². The molecule has 0 aromatic heterocycles. The highest BCUT2D eigenvalue weighted by Crippen LogP contribution is 2.65. The molecule has 0 unspecified atom stereocenters. The van der Waals surface area contributed by atoms with E-state index in [0.717, 1.165) is 0 Å². The molecule has 1 saturated heterocycles. The summed E-state index contributed by atoms with van der Waals surface area (Å²) in [6, 6.07) is 8.21. The lowest BCUT2D eigenvalue weighted by Gasteiger charge is -2.68. The number of carbonyl (C=O) groups is 6. The zero-order valence-corrected chi connectivity index (χ0v) is 50.6. The molecule has 6 rings (SSSR count). The second-order valence-corrected chi connectivity index (χ2v) is 35.0. The van der Waals surface area contributed by atoms with Crippen LogP contribution in [0.1, 0.15) is 167 Å². The van der Waals surface area contributed by atoms with Gasteiger partial charge in [0, 0.05) is 38.5 Å². The van der Waals surface area contributed by atoms with Crippen LogP contribution < -0.4 is 5.32 Å². The number of aliphatic hydroxyl groups is 1. The van der Waals surface area contributed by atoms with Crippen LogP contribution in [0.5, 0.6) is 0 Å². The molecule has 0 spiro atoms. The molecule has 2 aliphatic heterocycles. The van der Waals surface area contributed by atoms with Gasteiger partial charge in [-0.1, -0.05) is 107 Å². The van der Waals surface area contributed by atoms with Gasteiger partial charge in [0.25, 0.3) is 0 Å². The molecule has 76 heavy (non-hydrogen) atoms. The summed E-state index contributed by atoms with van der Waals surface area (Å²) >= 11 is 0. The van der Waals surface area contributed by atoms with E-state index in [9.17, 15) is 24.3 Å². The van der Waals surface area contributed by atoms with Crippen LogP contribution in [0.15, 0.2) is 41.5 Å². The molecule has 2 saturated carbocycles. The number of carbonyl (C=O) groups excluding carboxylic acids is 6. The molecular weight excluding hydrogens is 1010 g/mol. The Morgan fingerprint density at radius 2 is 1.51 bits per heavy atom.